The SMILES string of the molecule is CCN(CC)c1ccc(NC(=O)c2ccc(C(=O)NC3CC3)cc2)cc1. The van der Waals surface area contributed by atoms with Crippen LogP contribution in [-0.4, -0.2) is 30.9 Å². The van der Waals surface area contributed by atoms with Gasteiger partial charge in [0.2, 0.25) is 0 Å². The number of anilines is 2. The highest BCUT2D eigenvalue weighted by Gasteiger charge is 2.23. The van der Waals surface area contributed by atoms with E-state index >= 15 is 0 Å². The molecule has 3 rings (SSSR count). The molecule has 0 unspecified atom stereocenters. The van der Waals surface area contributed by atoms with Crippen molar-refractivity contribution in [2.24, 2.45) is 0 Å². The number of hydrogen-bond acceptors (Lipinski definition) is 3. The monoisotopic (exact) mass is 351 g/mol. The first-order valence-electron chi connectivity index (χ1n) is 9.18. The molecule has 1 saturated carbocycles. The van der Waals surface area contributed by atoms with Gasteiger partial charge in [-0.2, -0.15) is 0 Å². The molecule has 5 nitrogen and oxygen atoms in total. The molecule has 0 saturated heterocycles. The zero-order valence-corrected chi connectivity index (χ0v) is 15.3. The number of rotatable bonds is 7. The van der Waals surface area contributed by atoms with Gasteiger partial charge in [-0.15, -0.1) is 0 Å². The van der Waals surface area contributed by atoms with Crippen molar-refractivity contribution in [2.75, 3.05) is 23.3 Å². The second-order valence-corrected chi connectivity index (χ2v) is 6.50. The van der Waals surface area contributed by atoms with Crippen LogP contribution in [0, 0.1) is 0 Å². The van der Waals surface area contributed by atoms with Gasteiger partial charge in [0.1, 0.15) is 0 Å². The van der Waals surface area contributed by atoms with Crippen LogP contribution < -0.4 is 15.5 Å². The summed E-state index contributed by atoms with van der Waals surface area (Å²) >= 11 is 0. The van der Waals surface area contributed by atoms with Crippen molar-refractivity contribution in [1.29, 1.82) is 0 Å². The fraction of sp³-hybridized carbons (Fsp3) is 0.333. The summed E-state index contributed by atoms with van der Waals surface area (Å²) in [6.45, 7) is 6.13. The number of nitrogens with zero attached hydrogens (tertiary/aromatic N) is 1. The van der Waals surface area contributed by atoms with Crippen LogP contribution in [-0.2, 0) is 0 Å². The molecule has 0 radical (unpaired) electrons. The normalized spacial score (nSPS) is 13.2. The lowest BCUT2D eigenvalue weighted by molar-refractivity contribution is 0.0949. The van der Waals surface area contributed by atoms with E-state index < -0.39 is 0 Å². The number of hydrogen-bond donors (Lipinski definition) is 2. The third-order valence-corrected chi connectivity index (χ3v) is 4.58. The van der Waals surface area contributed by atoms with Gasteiger partial charge in [-0.1, -0.05) is 0 Å². The summed E-state index contributed by atoms with van der Waals surface area (Å²) in [7, 11) is 0. The highest BCUT2D eigenvalue weighted by molar-refractivity contribution is 6.05. The van der Waals surface area contributed by atoms with Crippen LogP contribution in [0.2, 0.25) is 0 Å². The van der Waals surface area contributed by atoms with Gasteiger partial charge in [-0.3, -0.25) is 9.59 Å². The second kappa shape index (κ2) is 8.04. The minimum absolute atomic E-state index is 0.0774. The van der Waals surface area contributed by atoms with Crippen molar-refractivity contribution in [3.05, 3.63) is 59.7 Å². The summed E-state index contributed by atoms with van der Waals surface area (Å²) in [4.78, 5) is 26.6. The summed E-state index contributed by atoms with van der Waals surface area (Å²) in [6.07, 6.45) is 2.11. The topological polar surface area (TPSA) is 61.4 Å². The summed E-state index contributed by atoms with van der Waals surface area (Å²) in [5.41, 5.74) is 3.00. The molecule has 0 aromatic heterocycles. The zero-order valence-electron chi connectivity index (χ0n) is 15.3. The van der Waals surface area contributed by atoms with Gasteiger partial charge in [0.25, 0.3) is 11.8 Å². The number of carbonyl (C=O) groups is 2. The molecular weight excluding hydrogens is 326 g/mol. The minimum atomic E-state index is -0.185. The Morgan fingerprint density at radius 1 is 0.885 bits per heavy atom. The zero-order chi connectivity index (χ0) is 18.5. The molecular formula is C21H25N3O2. The molecule has 1 aliphatic rings. The van der Waals surface area contributed by atoms with Gasteiger partial charge < -0.3 is 15.5 Å². The van der Waals surface area contributed by atoms with E-state index in [0.29, 0.717) is 17.2 Å². The quantitative estimate of drug-likeness (QED) is 0.800. The molecule has 2 amide bonds. The van der Waals surface area contributed by atoms with Gasteiger partial charge in [-0.25, -0.2) is 0 Å². The van der Waals surface area contributed by atoms with Gasteiger partial charge in [0.15, 0.2) is 0 Å². The van der Waals surface area contributed by atoms with Crippen molar-refractivity contribution in [1.82, 2.24) is 5.32 Å². The van der Waals surface area contributed by atoms with Crippen LogP contribution in [0.5, 0.6) is 0 Å². The molecule has 1 fully saturated rings. The fourth-order valence-corrected chi connectivity index (χ4v) is 2.82. The average molecular weight is 351 g/mol. The lowest BCUT2D eigenvalue weighted by Gasteiger charge is -2.21. The van der Waals surface area contributed by atoms with Crippen molar-refractivity contribution < 1.29 is 9.59 Å². The molecule has 2 N–H and O–H groups in total. The van der Waals surface area contributed by atoms with E-state index in [9.17, 15) is 9.59 Å². The number of nitrogens with one attached hydrogen (secondary N) is 2. The summed E-state index contributed by atoms with van der Waals surface area (Å²) < 4.78 is 0. The molecule has 0 atom stereocenters. The molecule has 136 valence electrons. The Morgan fingerprint density at radius 2 is 1.42 bits per heavy atom. The molecule has 0 spiro atoms. The predicted molar refractivity (Wildman–Crippen MR) is 105 cm³/mol. The van der Waals surface area contributed by atoms with Crippen molar-refractivity contribution >= 4 is 23.2 Å². The van der Waals surface area contributed by atoms with Gasteiger partial charge in [-0.05, 0) is 75.2 Å². The van der Waals surface area contributed by atoms with Gasteiger partial charge in [0, 0.05) is 41.6 Å². The summed E-state index contributed by atoms with van der Waals surface area (Å²) in [5, 5.41) is 5.83. The Bertz CT molecular complexity index is 761. The van der Waals surface area contributed by atoms with Crippen molar-refractivity contribution in [2.45, 2.75) is 32.7 Å². The Morgan fingerprint density at radius 3 is 1.92 bits per heavy atom. The largest absolute Gasteiger partial charge is 0.372 e. The average Bonchev–Trinajstić information content (AvgIpc) is 3.48. The maximum absolute atomic E-state index is 12.4. The molecule has 0 heterocycles. The molecule has 2 aromatic rings. The van der Waals surface area contributed by atoms with Gasteiger partial charge >= 0.3 is 0 Å². The molecule has 26 heavy (non-hydrogen) atoms. The van der Waals surface area contributed by atoms with Crippen LogP contribution in [0.4, 0.5) is 11.4 Å². The maximum atomic E-state index is 12.4. The highest BCUT2D eigenvalue weighted by Crippen LogP contribution is 2.20. The van der Waals surface area contributed by atoms with Crippen LogP contribution >= 0.6 is 0 Å². The fourth-order valence-electron chi connectivity index (χ4n) is 2.82. The van der Waals surface area contributed by atoms with Crippen LogP contribution in [0.3, 0.4) is 0 Å². The lowest BCUT2D eigenvalue weighted by atomic mass is 10.1. The Balaban J connectivity index is 1.61. The Kier molecular flexibility index (Phi) is 5.56. The summed E-state index contributed by atoms with van der Waals surface area (Å²) in [5.74, 6) is -0.263. The number of benzene rings is 2. The van der Waals surface area contributed by atoms with Gasteiger partial charge in [0.05, 0.1) is 0 Å². The summed E-state index contributed by atoms with van der Waals surface area (Å²) in [6, 6.07) is 14.9. The number of amides is 2. The van der Waals surface area contributed by atoms with Crippen molar-refractivity contribution in [3.8, 4) is 0 Å². The Hall–Kier alpha value is -2.82. The predicted octanol–water partition coefficient (Wildman–Crippen LogP) is 3.68. The first kappa shape index (κ1) is 18.0. The molecule has 5 heteroatoms. The van der Waals surface area contributed by atoms with E-state index in [4.69, 9.17) is 0 Å². The number of carbonyl (C=O) groups excluding carboxylic acids is 2. The molecule has 2 aromatic carbocycles. The van der Waals surface area contributed by atoms with E-state index in [0.717, 1.165) is 37.3 Å². The van der Waals surface area contributed by atoms with E-state index in [2.05, 4.69) is 29.4 Å². The first-order valence-corrected chi connectivity index (χ1v) is 9.18. The minimum Gasteiger partial charge on any atom is -0.372 e. The van der Waals surface area contributed by atoms with E-state index in [1.54, 1.807) is 24.3 Å². The third-order valence-electron chi connectivity index (χ3n) is 4.58. The highest BCUT2D eigenvalue weighted by atomic mass is 16.2. The Labute approximate surface area is 154 Å². The van der Waals surface area contributed by atoms with Crippen LogP contribution in [0.15, 0.2) is 48.5 Å². The first-order chi connectivity index (χ1) is 12.6. The smallest absolute Gasteiger partial charge is 0.255 e. The van der Waals surface area contributed by atoms with E-state index in [1.165, 1.54) is 0 Å². The van der Waals surface area contributed by atoms with Crippen LogP contribution in [0.25, 0.3) is 0 Å². The molecule has 0 bridgehead atoms. The van der Waals surface area contributed by atoms with Crippen molar-refractivity contribution in [3.63, 3.8) is 0 Å². The second-order valence-electron chi connectivity index (χ2n) is 6.50. The maximum Gasteiger partial charge on any atom is 0.255 e. The standard InChI is InChI=1S/C21H25N3O2/c1-3-24(4-2)19-13-11-18(12-14-19)23-21(26)16-7-5-15(6-8-16)20(25)22-17-9-10-17/h5-8,11-14,17H,3-4,9-10H2,1-2H3,(H,22,25)(H,23,26). The van der Waals surface area contributed by atoms with E-state index in [1.807, 2.05) is 24.3 Å². The third kappa shape index (κ3) is 4.42. The van der Waals surface area contributed by atoms with Crippen LogP contribution in [0.1, 0.15) is 47.4 Å². The molecule has 1 aliphatic carbocycles. The van der Waals surface area contributed by atoms with E-state index in [-0.39, 0.29) is 11.8 Å². The lowest BCUT2D eigenvalue weighted by Crippen LogP contribution is -2.25. The molecule has 0 aliphatic heterocycles.